The average molecular weight is 461 g/mol. The molecule has 1 N–H and O–H groups in total. The van der Waals surface area contributed by atoms with Crippen molar-refractivity contribution in [3.05, 3.63) is 65.3 Å². The van der Waals surface area contributed by atoms with Crippen molar-refractivity contribution in [3.63, 3.8) is 0 Å². The largest absolute Gasteiger partial charge is 0.492 e. The number of H-pyrrole nitrogens is 1. The summed E-state index contributed by atoms with van der Waals surface area (Å²) < 4.78 is 47.2. The van der Waals surface area contributed by atoms with Gasteiger partial charge in [-0.25, -0.2) is 4.98 Å². The molecule has 0 amide bonds. The zero-order valence-corrected chi connectivity index (χ0v) is 17.2. The highest BCUT2D eigenvalue weighted by atomic mass is 35.5. The zero-order chi connectivity index (χ0) is 22.3. The molecule has 4 heterocycles. The molecular weight excluding hydrogens is 445 g/mol. The van der Waals surface area contributed by atoms with Crippen LogP contribution in [0.1, 0.15) is 23.6 Å². The molecule has 11 heteroatoms. The van der Waals surface area contributed by atoms with E-state index in [9.17, 15) is 13.2 Å². The number of hydrogen-bond donors (Lipinski definition) is 1. The van der Waals surface area contributed by atoms with E-state index in [0.717, 1.165) is 12.0 Å². The first-order valence-electron chi connectivity index (χ1n) is 9.78. The maximum absolute atomic E-state index is 13.2. The van der Waals surface area contributed by atoms with Crippen LogP contribution < -0.4 is 4.74 Å². The molecule has 3 aromatic heterocycles. The number of fused-ring (bicyclic) bond motifs is 1. The number of imidazole rings is 1. The van der Waals surface area contributed by atoms with Crippen LogP contribution in [0.4, 0.5) is 13.2 Å². The van der Waals surface area contributed by atoms with Gasteiger partial charge >= 0.3 is 6.18 Å². The van der Waals surface area contributed by atoms with Crippen molar-refractivity contribution in [2.24, 2.45) is 0 Å². The van der Waals surface area contributed by atoms with Gasteiger partial charge in [-0.05, 0) is 24.6 Å². The number of para-hydroxylation sites is 1. The molecule has 0 spiro atoms. The molecule has 1 aliphatic rings. The molecule has 0 fully saturated rings. The molecule has 32 heavy (non-hydrogen) atoms. The quantitative estimate of drug-likeness (QED) is 0.465. The summed E-state index contributed by atoms with van der Waals surface area (Å²) in [4.78, 5) is 8.66. The standard InChI is InChI=1S/C21H16ClF3N6O/c22-15-3-1-2-14-13(5-7-32-19(14)15)9-31-10-17(27-11-31)16-8-12(4-6-26-16)18-20(21(23,24)25)29-30-28-18/h1-4,6,8,10-11,13H,5,7,9H2,(H,28,29,30)/t13-/m1/s1. The van der Waals surface area contributed by atoms with Crippen LogP contribution in [-0.4, -0.2) is 36.6 Å². The van der Waals surface area contributed by atoms with Crippen LogP contribution in [0.2, 0.25) is 5.02 Å². The minimum absolute atomic E-state index is 0.197. The molecule has 1 atom stereocenters. The molecule has 0 saturated carbocycles. The van der Waals surface area contributed by atoms with E-state index in [1.807, 2.05) is 28.0 Å². The second kappa shape index (κ2) is 7.94. The first-order chi connectivity index (χ1) is 15.4. The number of benzene rings is 1. The van der Waals surface area contributed by atoms with Crippen molar-refractivity contribution >= 4 is 11.6 Å². The lowest BCUT2D eigenvalue weighted by Gasteiger charge is -2.26. The lowest BCUT2D eigenvalue weighted by Crippen LogP contribution is -2.18. The van der Waals surface area contributed by atoms with Crippen molar-refractivity contribution in [2.75, 3.05) is 6.61 Å². The van der Waals surface area contributed by atoms with Gasteiger partial charge in [0.05, 0.1) is 23.7 Å². The van der Waals surface area contributed by atoms with Gasteiger partial charge in [-0.1, -0.05) is 28.9 Å². The fourth-order valence-corrected chi connectivity index (χ4v) is 4.08. The first-order valence-corrected chi connectivity index (χ1v) is 10.2. The van der Waals surface area contributed by atoms with Gasteiger partial charge in [-0.2, -0.15) is 13.2 Å². The number of halogens is 4. The van der Waals surface area contributed by atoms with E-state index in [1.165, 1.54) is 18.3 Å². The van der Waals surface area contributed by atoms with Gasteiger partial charge in [-0.15, -0.1) is 5.10 Å². The van der Waals surface area contributed by atoms with Gasteiger partial charge in [0, 0.05) is 36.0 Å². The Labute approximate surface area is 185 Å². The fraction of sp³-hybridized carbons (Fsp3) is 0.238. The molecule has 0 radical (unpaired) electrons. The van der Waals surface area contributed by atoms with Gasteiger partial charge in [0.25, 0.3) is 0 Å². The van der Waals surface area contributed by atoms with E-state index < -0.39 is 11.9 Å². The Hall–Kier alpha value is -3.40. The second-order valence-corrected chi connectivity index (χ2v) is 7.82. The number of ether oxygens (including phenoxy) is 1. The predicted molar refractivity (Wildman–Crippen MR) is 110 cm³/mol. The topological polar surface area (TPSA) is 81.5 Å². The van der Waals surface area contributed by atoms with E-state index >= 15 is 0 Å². The third-order valence-corrected chi connectivity index (χ3v) is 5.64. The molecule has 0 bridgehead atoms. The smallest absolute Gasteiger partial charge is 0.435 e. The summed E-state index contributed by atoms with van der Waals surface area (Å²) in [6, 6.07) is 8.68. The normalized spacial score (nSPS) is 15.9. The van der Waals surface area contributed by atoms with Crippen molar-refractivity contribution in [2.45, 2.75) is 25.1 Å². The predicted octanol–water partition coefficient (Wildman–Crippen LogP) is 4.97. The third-order valence-electron chi connectivity index (χ3n) is 5.34. The van der Waals surface area contributed by atoms with E-state index in [4.69, 9.17) is 16.3 Å². The Morgan fingerprint density at radius 3 is 2.91 bits per heavy atom. The van der Waals surface area contributed by atoms with E-state index in [1.54, 1.807) is 12.4 Å². The summed E-state index contributed by atoms with van der Waals surface area (Å²) >= 11 is 6.26. The van der Waals surface area contributed by atoms with Crippen LogP contribution in [0.5, 0.6) is 5.75 Å². The Balaban J connectivity index is 1.41. The number of rotatable bonds is 4. The van der Waals surface area contributed by atoms with Gasteiger partial charge < -0.3 is 9.30 Å². The Bertz CT molecular complexity index is 1270. The molecule has 0 saturated heterocycles. The minimum Gasteiger partial charge on any atom is -0.492 e. The maximum atomic E-state index is 13.2. The first kappa shape index (κ1) is 20.5. The molecule has 5 rings (SSSR count). The lowest BCUT2D eigenvalue weighted by atomic mass is 9.93. The molecule has 1 aromatic carbocycles. The summed E-state index contributed by atoms with van der Waals surface area (Å²) in [7, 11) is 0. The van der Waals surface area contributed by atoms with Crippen LogP contribution in [0.15, 0.2) is 49.1 Å². The van der Waals surface area contributed by atoms with E-state index in [-0.39, 0.29) is 17.2 Å². The Morgan fingerprint density at radius 2 is 2.06 bits per heavy atom. The van der Waals surface area contributed by atoms with Crippen LogP contribution in [-0.2, 0) is 12.7 Å². The fourth-order valence-electron chi connectivity index (χ4n) is 3.84. The second-order valence-electron chi connectivity index (χ2n) is 7.41. The van der Waals surface area contributed by atoms with Gasteiger partial charge in [0.15, 0.2) is 5.69 Å². The summed E-state index contributed by atoms with van der Waals surface area (Å²) in [5.74, 6) is 0.913. The number of alkyl halides is 3. The number of nitrogens with zero attached hydrogens (tertiary/aromatic N) is 5. The van der Waals surface area contributed by atoms with Crippen molar-refractivity contribution in [1.29, 1.82) is 0 Å². The monoisotopic (exact) mass is 460 g/mol. The molecular formula is C21H16ClF3N6O. The van der Waals surface area contributed by atoms with Crippen LogP contribution in [0.25, 0.3) is 22.6 Å². The highest BCUT2D eigenvalue weighted by Gasteiger charge is 2.37. The van der Waals surface area contributed by atoms with Crippen molar-refractivity contribution < 1.29 is 17.9 Å². The molecule has 0 aliphatic carbocycles. The number of pyridine rings is 1. The molecule has 0 unspecified atom stereocenters. The summed E-state index contributed by atoms with van der Waals surface area (Å²) in [6.45, 7) is 1.23. The van der Waals surface area contributed by atoms with Gasteiger partial charge in [0.1, 0.15) is 17.1 Å². The van der Waals surface area contributed by atoms with Gasteiger partial charge in [-0.3, -0.25) is 10.1 Å². The Morgan fingerprint density at radius 1 is 1.19 bits per heavy atom. The van der Waals surface area contributed by atoms with E-state index in [0.29, 0.717) is 35.3 Å². The molecule has 164 valence electrons. The highest BCUT2D eigenvalue weighted by molar-refractivity contribution is 6.32. The maximum Gasteiger partial charge on any atom is 0.435 e. The number of aromatic nitrogens is 6. The average Bonchev–Trinajstić information content (AvgIpc) is 3.44. The molecule has 1 aliphatic heterocycles. The number of aromatic amines is 1. The summed E-state index contributed by atoms with van der Waals surface area (Å²) in [5, 5.41) is 9.41. The number of hydrogen-bond acceptors (Lipinski definition) is 5. The molecule has 4 aromatic rings. The van der Waals surface area contributed by atoms with Crippen LogP contribution in [0, 0.1) is 0 Å². The van der Waals surface area contributed by atoms with Crippen LogP contribution in [0.3, 0.4) is 0 Å². The van der Waals surface area contributed by atoms with Crippen molar-refractivity contribution in [3.8, 4) is 28.4 Å². The zero-order valence-electron chi connectivity index (χ0n) is 16.5. The lowest BCUT2D eigenvalue weighted by molar-refractivity contribution is -0.140. The van der Waals surface area contributed by atoms with E-state index in [2.05, 4.69) is 20.3 Å². The summed E-state index contributed by atoms with van der Waals surface area (Å²) in [6.07, 6.45) is 1.17. The SMILES string of the molecule is FC(F)(F)c1[nH]nnc1-c1ccnc(-c2cn(C[C@H]3CCOc4c(Cl)cccc43)cn2)c1. The van der Waals surface area contributed by atoms with Gasteiger partial charge in [0.2, 0.25) is 0 Å². The summed E-state index contributed by atoms with van der Waals surface area (Å²) in [5.41, 5.74) is 0.992. The van der Waals surface area contributed by atoms with Crippen molar-refractivity contribution in [1.82, 2.24) is 29.9 Å². The third kappa shape index (κ3) is 3.81. The minimum atomic E-state index is -4.59. The Kier molecular flexibility index (Phi) is 5.09. The highest BCUT2D eigenvalue weighted by Crippen LogP contribution is 2.39. The molecule has 7 nitrogen and oxygen atoms in total. The number of nitrogens with one attached hydrogen (secondary N) is 1. The van der Waals surface area contributed by atoms with Crippen LogP contribution >= 0.6 is 11.6 Å².